The summed E-state index contributed by atoms with van der Waals surface area (Å²) < 4.78 is 5.18. The Balaban J connectivity index is 1.41. The molecule has 1 aliphatic rings. The quantitative estimate of drug-likeness (QED) is 0.659. The molecule has 0 spiro atoms. The van der Waals surface area contributed by atoms with Gasteiger partial charge in [0, 0.05) is 49.2 Å². The number of methoxy groups -OCH3 is 1. The number of amides is 2. The number of likely N-dealkylation sites (N-methyl/N-ethyl adjacent to an activating group) is 1. The van der Waals surface area contributed by atoms with Crippen LogP contribution in [-0.2, 0) is 0 Å². The SMILES string of the molecule is COc1cccc(NC(=O)Nc2cccc(-c3ccc(N4CCN(C)CC4)nn3)c2)c1. The van der Waals surface area contributed by atoms with E-state index in [1.165, 1.54) is 0 Å². The van der Waals surface area contributed by atoms with Crippen LogP contribution in [0.4, 0.5) is 22.0 Å². The molecule has 2 aromatic carbocycles. The Morgan fingerprint density at radius 1 is 0.903 bits per heavy atom. The lowest BCUT2D eigenvalue weighted by molar-refractivity contribution is 0.262. The molecule has 8 nitrogen and oxygen atoms in total. The first-order valence-electron chi connectivity index (χ1n) is 10.2. The largest absolute Gasteiger partial charge is 0.497 e. The van der Waals surface area contributed by atoms with Gasteiger partial charge in [0.2, 0.25) is 0 Å². The molecule has 1 aromatic heterocycles. The van der Waals surface area contributed by atoms with E-state index < -0.39 is 0 Å². The van der Waals surface area contributed by atoms with Crippen LogP contribution in [0.5, 0.6) is 5.75 Å². The molecule has 0 aliphatic carbocycles. The van der Waals surface area contributed by atoms with Crippen molar-refractivity contribution in [2.75, 3.05) is 55.9 Å². The summed E-state index contributed by atoms with van der Waals surface area (Å²) in [6.45, 7) is 3.95. The van der Waals surface area contributed by atoms with Crippen molar-refractivity contribution in [3.63, 3.8) is 0 Å². The van der Waals surface area contributed by atoms with E-state index in [0.717, 1.165) is 43.3 Å². The summed E-state index contributed by atoms with van der Waals surface area (Å²) in [5.41, 5.74) is 2.97. The molecule has 3 aromatic rings. The molecule has 0 unspecified atom stereocenters. The van der Waals surface area contributed by atoms with Crippen LogP contribution in [0.2, 0.25) is 0 Å². The van der Waals surface area contributed by atoms with Crippen LogP contribution >= 0.6 is 0 Å². The number of nitrogens with one attached hydrogen (secondary N) is 2. The van der Waals surface area contributed by atoms with Gasteiger partial charge in [-0.05, 0) is 43.4 Å². The Labute approximate surface area is 181 Å². The summed E-state index contributed by atoms with van der Waals surface area (Å²) in [7, 11) is 3.72. The molecule has 8 heteroatoms. The molecule has 2 N–H and O–H groups in total. The number of anilines is 3. The van der Waals surface area contributed by atoms with Crippen molar-refractivity contribution in [1.29, 1.82) is 0 Å². The minimum absolute atomic E-state index is 0.332. The number of nitrogens with zero attached hydrogens (tertiary/aromatic N) is 4. The molecule has 0 atom stereocenters. The maximum Gasteiger partial charge on any atom is 0.323 e. The smallest absolute Gasteiger partial charge is 0.323 e. The van der Waals surface area contributed by atoms with Gasteiger partial charge < -0.3 is 25.2 Å². The Hall–Kier alpha value is -3.65. The maximum absolute atomic E-state index is 12.4. The summed E-state index contributed by atoms with van der Waals surface area (Å²) >= 11 is 0. The van der Waals surface area contributed by atoms with Gasteiger partial charge in [0.05, 0.1) is 12.8 Å². The van der Waals surface area contributed by atoms with Gasteiger partial charge in [0.25, 0.3) is 0 Å². The first-order chi connectivity index (χ1) is 15.1. The zero-order valence-electron chi connectivity index (χ0n) is 17.7. The van der Waals surface area contributed by atoms with Crippen molar-refractivity contribution in [1.82, 2.24) is 15.1 Å². The fourth-order valence-electron chi connectivity index (χ4n) is 3.43. The van der Waals surface area contributed by atoms with Gasteiger partial charge in [-0.15, -0.1) is 10.2 Å². The fourth-order valence-corrected chi connectivity index (χ4v) is 3.43. The molecule has 2 amide bonds. The molecule has 1 aliphatic heterocycles. The first-order valence-corrected chi connectivity index (χ1v) is 10.2. The predicted molar refractivity (Wildman–Crippen MR) is 123 cm³/mol. The van der Waals surface area contributed by atoms with E-state index in [4.69, 9.17) is 4.74 Å². The first kappa shape index (κ1) is 20.6. The topological polar surface area (TPSA) is 82.6 Å². The van der Waals surface area contributed by atoms with Gasteiger partial charge in [-0.3, -0.25) is 0 Å². The average Bonchev–Trinajstić information content (AvgIpc) is 2.80. The number of rotatable bonds is 5. The van der Waals surface area contributed by atoms with Gasteiger partial charge in [-0.1, -0.05) is 18.2 Å². The number of urea groups is 1. The van der Waals surface area contributed by atoms with E-state index in [1.54, 1.807) is 19.2 Å². The van der Waals surface area contributed by atoms with Crippen LogP contribution in [0.3, 0.4) is 0 Å². The van der Waals surface area contributed by atoms with Crippen LogP contribution in [0.25, 0.3) is 11.3 Å². The van der Waals surface area contributed by atoms with Crippen molar-refractivity contribution in [2.45, 2.75) is 0 Å². The third kappa shape index (κ3) is 5.29. The number of ether oxygens (including phenoxy) is 1. The lowest BCUT2D eigenvalue weighted by atomic mass is 10.1. The zero-order chi connectivity index (χ0) is 21.6. The minimum Gasteiger partial charge on any atom is -0.497 e. The fraction of sp³-hybridized carbons (Fsp3) is 0.261. The van der Waals surface area contributed by atoms with Crippen molar-refractivity contribution in [3.05, 3.63) is 60.7 Å². The minimum atomic E-state index is -0.332. The highest BCUT2D eigenvalue weighted by molar-refractivity contribution is 6.00. The summed E-state index contributed by atoms with van der Waals surface area (Å²) in [6.07, 6.45) is 0. The van der Waals surface area contributed by atoms with Crippen LogP contribution in [0, 0.1) is 0 Å². The highest BCUT2D eigenvalue weighted by Gasteiger charge is 2.15. The van der Waals surface area contributed by atoms with Gasteiger partial charge in [-0.2, -0.15) is 0 Å². The second-order valence-electron chi connectivity index (χ2n) is 7.46. The summed E-state index contributed by atoms with van der Waals surface area (Å²) in [6, 6.07) is 18.4. The number of hydrogen-bond acceptors (Lipinski definition) is 6. The molecule has 0 bridgehead atoms. The molecular formula is C23H26N6O2. The second kappa shape index (κ2) is 9.44. The van der Waals surface area contributed by atoms with Gasteiger partial charge >= 0.3 is 6.03 Å². The zero-order valence-corrected chi connectivity index (χ0v) is 17.7. The van der Waals surface area contributed by atoms with E-state index in [9.17, 15) is 4.79 Å². The van der Waals surface area contributed by atoms with E-state index >= 15 is 0 Å². The number of carbonyl (C=O) groups excluding carboxylic acids is 1. The molecule has 31 heavy (non-hydrogen) atoms. The molecule has 160 valence electrons. The number of aromatic nitrogens is 2. The number of benzene rings is 2. The normalized spacial score (nSPS) is 14.2. The summed E-state index contributed by atoms with van der Waals surface area (Å²) in [5, 5.41) is 14.5. The van der Waals surface area contributed by atoms with Crippen LogP contribution in [-0.4, -0.2) is 61.5 Å². The summed E-state index contributed by atoms with van der Waals surface area (Å²) in [5.74, 6) is 1.57. The molecule has 2 heterocycles. The molecule has 0 radical (unpaired) electrons. The van der Waals surface area contributed by atoms with Crippen LogP contribution in [0.15, 0.2) is 60.7 Å². The number of hydrogen-bond donors (Lipinski definition) is 2. The van der Waals surface area contributed by atoms with E-state index in [0.29, 0.717) is 17.1 Å². The third-order valence-corrected chi connectivity index (χ3v) is 5.22. The Bertz CT molecular complexity index is 1030. The monoisotopic (exact) mass is 418 g/mol. The van der Waals surface area contributed by atoms with Crippen molar-refractivity contribution >= 4 is 23.2 Å². The maximum atomic E-state index is 12.4. The van der Waals surface area contributed by atoms with E-state index in [1.807, 2.05) is 48.5 Å². The highest BCUT2D eigenvalue weighted by atomic mass is 16.5. The molecule has 4 rings (SSSR count). The van der Waals surface area contributed by atoms with Crippen molar-refractivity contribution in [2.24, 2.45) is 0 Å². The Morgan fingerprint density at radius 3 is 2.29 bits per heavy atom. The Kier molecular flexibility index (Phi) is 6.28. The number of piperazine rings is 1. The second-order valence-corrected chi connectivity index (χ2v) is 7.46. The van der Waals surface area contributed by atoms with Crippen LogP contribution in [0.1, 0.15) is 0 Å². The lowest BCUT2D eigenvalue weighted by Gasteiger charge is -2.32. The van der Waals surface area contributed by atoms with Gasteiger partial charge in [-0.25, -0.2) is 4.79 Å². The third-order valence-electron chi connectivity index (χ3n) is 5.22. The standard InChI is InChI=1S/C23H26N6O2/c1-28-11-13-29(14-12-28)22-10-9-21(26-27-22)17-5-3-6-18(15-17)24-23(30)25-19-7-4-8-20(16-19)31-2/h3-10,15-16H,11-14H2,1-2H3,(H2,24,25,30). The molecule has 0 saturated carbocycles. The van der Waals surface area contributed by atoms with E-state index in [-0.39, 0.29) is 6.03 Å². The van der Waals surface area contributed by atoms with Crippen molar-refractivity contribution in [3.8, 4) is 17.0 Å². The number of carbonyl (C=O) groups is 1. The molecule has 1 saturated heterocycles. The average molecular weight is 419 g/mol. The highest BCUT2D eigenvalue weighted by Crippen LogP contribution is 2.23. The molecule has 1 fully saturated rings. The van der Waals surface area contributed by atoms with E-state index in [2.05, 4.69) is 37.7 Å². The predicted octanol–water partition coefficient (Wildman–Crippen LogP) is 3.55. The van der Waals surface area contributed by atoms with Gasteiger partial charge in [0.1, 0.15) is 5.75 Å². The molecular weight excluding hydrogens is 392 g/mol. The van der Waals surface area contributed by atoms with Gasteiger partial charge in [0.15, 0.2) is 5.82 Å². The van der Waals surface area contributed by atoms with Crippen LogP contribution < -0.4 is 20.3 Å². The van der Waals surface area contributed by atoms with Crippen molar-refractivity contribution < 1.29 is 9.53 Å². The summed E-state index contributed by atoms with van der Waals surface area (Å²) in [4.78, 5) is 16.9. The Morgan fingerprint density at radius 2 is 1.61 bits per heavy atom. The lowest BCUT2D eigenvalue weighted by Crippen LogP contribution is -2.44.